The topological polar surface area (TPSA) is 80.3 Å². The minimum absolute atomic E-state index is 0.00927. The van der Waals surface area contributed by atoms with Gasteiger partial charge in [0.15, 0.2) is 0 Å². The number of hydrogen-bond donors (Lipinski definition) is 1. The van der Waals surface area contributed by atoms with Crippen LogP contribution in [0.4, 0.5) is 11.6 Å². The summed E-state index contributed by atoms with van der Waals surface area (Å²) in [6, 6.07) is 7.76. The molecule has 24 heavy (non-hydrogen) atoms. The average Bonchev–Trinajstić information content (AvgIpc) is 2.95. The van der Waals surface area contributed by atoms with E-state index in [4.69, 9.17) is 17.3 Å². The third-order valence-corrected chi connectivity index (χ3v) is 4.76. The van der Waals surface area contributed by atoms with Gasteiger partial charge in [0.25, 0.3) is 0 Å². The molecule has 1 aromatic heterocycles. The number of carbonyl (C=O) groups excluding carboxylic acids is 1. The zero-order valence-electron chi connectivity index (χ0n) is 13.4. The molecule has 1 aromatic carbocycles. The highest BCUT2D eigenvalue weighted by Crippen LogP contribution is 2.19. The second-order valence-corrected chi connectivity index (χ2v) is 6.67. The zero-order chi connectivity index (χ0) is 17.1. The van der Waals surface area contributed by atoms with Gasteiger partial charge in [-0.1, -0.05) is 23.4 Å². The van der Waals surface area contributed by atoms with Gasteiger partial charge in [0.2, 0.25) is 17.0 Å². The molecule has 2 heterocycles. The lowest BCUT2D eigenvalue weighted by Crippen LogP contribution is -2.49. The number of benzene rings is 1. The van der Waals surface area contributed by atoms with Crippen molar-refractivity contribution in [2.75, 3.05) is 43.1 Å². The fourth-order valence-corrected chi connectivity index (χ4v) is 3.12. The maximum Gasteiger partial charge on any atom is 0.244 e. The SMILES string of the molecule is CSc1nc(N)n(CC(=O)N2CCN(c3ccc(Cl)cc3)CC2)n1. The van der Waals surface area contributed by atoms with Gasteiger partial charge in [-0.05, 0) is 30.5 Å². The third kappa shape index (κ3) is 3.76. The van der Waals surface area contributed by atoms with Gasteiger partial charge in [-0.15, -0.1) is 5.10 Å². The minimum Gasteiger partial charge on any atom is -0.368 e. The van der Waals surface area contributed by atoms with E-state index in [0.29, 0.717) is 18.2 Å². The molecule has 1 saturated heterocycles. The maximum absolute atomic E-state index is 12.4. The number of anilines is 2. The van der Waals surface area contributed by atoms with Crippen molar-refractivity contribution in [3.63, 3.8) is 0 Å². The van der Waals surface area contributed by atoms with Gasteiger partial charge >= 0.3 is 0 Å². The van der Waals surface area contributed by atoms with E-state index >= 15 is 0 Å². The highest BCUT2D eigenvalue weighted by Gasteiger charge is 2.22. The monoisotopic (exact) mass is 366 g/mol. The fraction of sp³-hybridized carbons (Fsp3) is 0.400. The molecule has 1 fully saturated rings. The van der Waals surface area contributed by atoms with E-state index in [1.54, 1.807) is 0 Å². The number of halogens is 1. The Morgan fingerprint density at radius 3 is 2.50 bits per heavy atom. The summed E-state index contributed by atoms with van der Waals surface area (Å²) in [7, 11) is 0. The molecule has 2 N–H and O–H groups in total. The first kappa shape index (κ1) is 16.9. The van der Waals surface area contributed by atoms with Crippen molar-refractivity contribution >= 4 is 40.9 Å². The predicted molar refractivity (Wildman–Crippen MR) is 96.5 cm³/mol. The Bertz CT molecular complexity index is 711. The molecule has 0 bridgehead atoms. The van der Waals surface area contributed by atoms with Crippen molar-refractivity contribution in [1.82, 2.24) is 19.7 Å². The van der Waals surface area contributed by atoms with Crippen molar-refractivity contribution in [1.29, 1.82) is 0 Å². The van der Waals surface area contributed by atoms with Gasteiger partial charge in [-0.25, -0.2) is 4.68 Å². The number of rotatable bonds is 4. The highest BCUT2D eigenvalue weighted by molar-refractivity contribution is 7.98. The van der Waals surface area contributed by atoms with E-state index in [-0.39, 0.29) is 18.4 Å². The smallest absolute Gasteiger partial charge is 0.244 e. The number of piperazine rings is 1. The second-order valence-electron chi connectivity index (χ2n) is 5.46. The molecule has 0 radical (unpaired) electrons. The number of nitrogens with zero attached hydrogens (tertiary/aromatic N) is 5. The highest BCUT2D eigenvalue weighted by atomic mass is 35.5. The van der Waals surface area contributed by atoms with Crippen LogP contribution in [0, 0.1) is 0 Å². The first-order chi connectivity index (χ1) is 11.6. The van der Waals surface area contributed by atoms with Crippen molar-refractivity contribution in [2.24, 2.45) is 0 Å². The van der Waals surface area contributed by atoms with Crippen LogP contribution in [0.15, 0.2) is 29.4 Å². The number of hydrogen-bond acceptors (Lipinski definition) is 6. The summed E-state index contributed by atoms with van der Waals surface area (Å²) >= 11 is 7.32. The molecule has 2 aromatic rings. The van der Waals surface area contributed by atoms with Crippen molar-refractivity contribution < 1.29 is 4.79 Å². The predicted octanol–water partition coefficient (Wildman–Crippen LogP) is 1.58. The summed E-state index contributed by atoms with van der Waals surface area (Å²) < 4.78 is 1.46. The van der Waals surface area contributed by atoms with E-state index in [2.05, 4.69) is 15.0 Å². The summed E-state index contributed by atoms with van der Waals surface area (Å²) in [5.74, 6) is 0.280. The second kappa shape index (κ2) is 7.31. The molecule has 1 amide bonds. The van der Waals surface area contributed by atoms with E-state index in [0.717, 1.165) is 23.8 Å². The van der Waals surface area contributed by atoms with Crippen LogP contribution in [-0.4, -0.2) is 58.0 Å². The van der Waals surface area contributed by atoms with Crippen LogP contribution in [0.1, 0.15) is 0 Å². The van der Waals surface area contributed by atoms with Crippen molar-refractivity contribution in [2.45, 2.75) is 11.7 Å². The van der Waals surface area contributed by atoms with Crippen LogP contribution in [0.5, 0.6) is 0 Å². The molecule has 7 nitrogen and oxygen atoms in total. The standard InChI is InChI=1S/C15H19ClN6OS/c1-24-15-18-14(17)22(19-15)10-13(23)21-8-6-20(7-9-21)12-4-2-11(16)3-5-12/h2-5H,6-10H2,1H3,(H2,17,18,19). The van der Waals surface area contributed by atoms with Crippen LogP contribution < -0.4 is 10.6 Å². The lowest BCUT2D eigenvalue weighted by atomic mass is 10.2. The molecule has 0 spiro atoms. The third-order valence-electron chi connectivity index (χ3n) is 3.97. The number of nitrogen functional groups attached to an aromatic ring is 1. The summed E-state index contributed by atoms with van der Waals surface area (Å²) in [5, 5.41) is 5.51. The molecular formula is C15H19ClN6OS. The number of carbonyl (C=O) groups is 1. The molecule has 0 atom stereocenters. The quantitative estimate of drug-likeness (QED) is 0.827. The van der Waals surface area contributed by atoms with Crippen LogP contribution >= 0.6 is 23.4 Å². The molecule has 9 heteroatoms. The molecular weight excluding hydrogens is 348 g/mol. The largest absolute Gasteiger partial charge is 0.368 e. The molecule has 128 valence electrons. The Balaban J connectivity index is 1.56. The van der Waals surface area contributed by atoms with E-state index in [9.17, 15) is 4.79 Å². The number of amides is 1. The number of aromatic nitrogens is 3. The lowest BCUT2D eigenvalue weighted by molar-refractivity contribution is -0.132. The van der Waals surface area contributed by atoms with Gasteiger partial charge in [0.05, 0.1) is 0 Å². The molecule has 0 aliphatic carbocycles. The van der Waals surface area contributed by atoms with Gasteiger partial charge < -0.3 is 15.5 Å². The molecule has 0 saturated carbocycles. The Hall–Kier alpha value is -1.93. The van der Waals surface area contributed by atoms with Crippen LogP contribution in [0.3, 0.4) is 0 Å². The fourth-order valence-electron chi connectivity index (χ4n) is 2.63. The summed E-state index contributed by atoms with van der Waals surface area (Å²) in [6.07, 6.45) is 1.87. The zero-order valence-corrected chi connectivity index (χ0v) is 14.9. The van der Waals surface area contributed by atoms with Crippen LogP contribution in [0.25, 0.3) is 0 Å². The van der Waals surface area contributed by atoms with Gasteiger partial charge in [-0.3, -0.25) is 4.79 Å². The average molecular weight is 367 g/mol. The van der Waals surface area contributed by atoms with Gasteiger partial charge in [-0.2, -0.15) is 4.98 Å². The van der Waals surface area contributed by atoms with E-state index in [1.165, 1.54) is 16.4 Å². The van der Waals surface area contributed by atoms with Crippen molar-refractivity contribution in [3.8, 4) is 0 Å². The van der Waals surface area contributed by atoms with Crippen LogP contribution in [0.2, 0.25) is 5.02 Å². The lowest BCUT2D eigenvalue weighted by Gasteiger charge is -2.36. The number of nitrogens with two attached hydrogens (primary N) is 1. The van der Waals surface area contributed by atoms with E-state index in [1.807, 2.05) is 35.4 Å². The first-order valence-corrected chi connectivity index (χ1v) is 9.19. The first-order valence-electron chi connectivity index (χ1n) is 7.59. The van der Waals surface area contributed by atoms with Crippen LogP contribution in [-0.2, 0) is 11.3 Å². The molecule has 1 aliphatic heterocycles. The Morgan fingerprint density at radius 2 is 1.92 bits per heavy atom. The summed E-state index contributed by atoms with van der Waals surface area (Å²) in [5.41, 5.74) is 6.91. The Morgan fingerprint density at radius 1 is 1.25 bits per heavy atom. The van der Waals surface area contributed by atoms with Gasteiger partial charge in [0.1, 0.15) is 6.54 Å². The normalized spacial score (nSPS) is 14.9. The summed E-state index contributed by atoms with van der Waals surface area (Å²) in [4.78, 5) is 20.6. The number of thioether (sulfide) groups is 1. The van der Waals surface area contributed by atoms with Crippen molar-refractivity contribution in [3.05, 3.63) is 29.3 Å². The molecule has 1 aliphatic rings. The maximum atomic E-state index is 12.4. The minimum atomic E-state index is 0.00927. The van der Waals surface area contributed by atoms with E-state index < -0.39 is 0 Å². The van der Waals surface area contributed by atoms with Gasteiger partial charge in [0, 0.05) is 36.9 Å². The molecule has 3 rings (SSSR count). The summed E-state index contributed by atoms with van der Waals surface area (Å²) in [6.45, 7) is 3.05. The Kier molecular flexibility index (Phi) is 5.15. The molecule has 0 unspecified atom stereocenters. The Labute approximate surface area is 149 Å².